The minimum absolute atomic E-state index is 0.0839. The molecule has 0 unspecified atom stereocenters. The van der Waals surface area contributed by atoms with Gasteiger partial charge in [-0.15, -0.1) is 0 Å². The van der Waals surface area contributed by atoms with Crippen LogP contribution in [0.15, 0.2) is 35.1 Å². The van der Waals surface area contributed by atoms with Crippen LogP contribution in [0.1, 0.15) is 24.3 Å². The molecular formula is C14H15IN2O. The number of fused-ring (bicyclic) bond motifs is 1. The maximum Gasteiger partial charge on any atom is 0.251 e. The zero-order valence-corrected chi connectivity index (χ0v) is 12.2. The number of nitrogens with zero attached hydrogens (tertiary/aromatic N) is 1. The summed E-state index contributed by atoms with van der Waals surface area (Å²) >= 11 is 2.36. The van der Waals surface area contributed by atoms with E-state index in [4.69, 9.17) is 0 Å². The Morgan fingerprint density at radius 3 is 2.72 bits per heavy atom. The highest BCUT2D eigenvalue weighted by Crippen LogP contribution is 2.28. The average molecular weight is 354 g/mol. The number of benzene rings is 1. The van der Waals surface area contributed by atoms with Crippen molar-refractivity contribution in [2.75, 3.05) is 13.1 Å². The zero-order valence-electron chi connectivity index (χ0n) is 10.0. The Morgan fingerprint density at radius 2 is 1.94 bits per heavy atom. The summed E-state index contributed by atoms with van der Waals surface area (Å²) in [6, 6.07) is 10.0. The molecular weight excluding hydrogens is 339 g/mol. The molecule has 1 aliphatic heterocycles. The monoisotopic (exact) mass is 354 g/mol. The molecule has 0 radical (unpaired) electrons. The third kappa shape index (κ3) is 2.31. The van der Waals surface area contributed by atoms with Gasteiger partial charge in [-0.1, -0.05) is 18.2 Å². The molecule has 0 aliphatic carbocycles. The normalized spacial score (nSPS) is 18.3. The van der Waals surface area contributed by atoms with E-state index in [2.05, 4.69) is 43.1 Å². The van der Waals surface area contributed by atoms with Crippen LogP contribution in [0.5, 0.6) is 0 Å². The third-order valence-electron chi connectivity index (χ3n) is 3.66. The number of nitrogens with one attached hydrogen (secondary N) is 1. The molecule has 0 atom stereocenters. The number of piperidine rings is 1. The van der Waals surface area contributed by atoms with Gasteiger partial charge in [-0.25, -0.2) is 3.11 Å². The Balaban J connectivity index is 2.01. The number of pyridine rings is 1. The van der Waals surface area contributed by atoms with Crippen molar-refractivity contribution in [3.63, 3.8) is 0 Å². The standard InChI is InChI=1S/C14H15IN2O/c15-17-7-5-10(6-8-17)12-9-11-3-1-2-4-13(11)16-14(12)18/h1-4,9-10H,5-8H2,(H,16,18). The van der Waals surface area contributed by atoms with Crippen LogP contribution in [0.4, 0.5) is 0 Å². The fourth-order valence-corrected chi connectivity index (χ4v) is 3.18. The number of aromatic nitrogens is 1. The second-order valence-corrected chi connectivity index (χ2v) is 6.19. The third-order valence-corrected chi connectivity index (χ3v) is 4.63. The topological polar surface area (TPSA) is 36.1 Å². The van der Waals surface area contributed by atoms with Gasteiger partial charge < -0.3 is 4.98 Å². The molecule has 0 spiro atoms. The Bertz CT molecular complexity index is 614. The molecule has 1 aromatic heterocycles. The molecule has 4 heteroatoms. The van der Waals surface area contributed by atoms with Gasteiger partial charge in [0.2, 0.25) is 0 Å². The van der Waals surface area contributed by atoms with E-state index >= 15 is 0 Å². The Labute approximate surface area is 120 Å². The van der Waals surface area contributed by atoms with Crippen molar-refractivity contribution in [1.29, 1.82) is 0 Å². The first-order valence-corrected chi connectivity index (χ1v) is 7.23. The van der Waals surface area contributed by atoms with Crippen LogP contribution in [0.3, 0.4) is 0 Å². The Hall–Kier alpha value is -0.880. The summed E-state index contributed by atoms with van der Waals surface area (Å²) in [5.74, 6) is 0.407. The summed E-state index contributed by atoms with van der Waals surface area (Å²) in [6.45, 7) is 2.13. The molecule has 94 valence electrons. The zero-order chi connectivity index (χ0) is 12.5. The van der Waals surface area contributed by atoms with E-state index in [0.29, 0.717) is 5.92 Å². The number of aromatic amines is 1. The summed E-state index contributed by atoms with van der Waals surface area (Å²) < 4.78 is 2.30. The van der Waals surface area contributed by atoms with Crippen molar-refractivity contribution >= 4 is 33.8 Å². The van der Waals surface area contributed by atoms with Gasteiger partial charge in [0.25, 0.3) is 5.56 Å². The predicted octanol–water partition coefficient (Wildman–Crippen LogP) is 3.06. The van der Waals surface area contributed by atoms with Crippen molar-refractivity contribution in [2.45, 2.75) is 18.8 Å². The van der Waals surface area contributed by atoms with Gasteiger partial charge in [0, 0.05) is 47.0 Å². The molecule has 1 aliphatic rings. The van der Waals surface area contributed by atoms with E-state index in [1.165, 1.54) is 0 Å². The van der Waals surface area contributed by atoms with E-state index in [1.807, 2.05) is 18.2 Å². The van der Waals surface area contributed by atoms with Crippen LogP contribution in [-0.2, 0) is 0 Å². The van der Waals surface area contributed by atoms with E-state index < -0.39 is 0 Å². The highest BCUT2D eigenvalue weighted by molar-refractivity contribution is 14.1. The number of halogens is 1. The molecule has 18 heavy (non-hydrogen) atoms. The smallest absolute Gasteiger partial charge is 0.251 e. The fourth-order valence-electron chi connectivity index (χ4n) is 2.63. The van der Waals surface area contributed by atoms with Crippen molar-refractivity contribution < 1.29 is 0 Å². The van der Waals surface area contributed by atoms with E-state index in [9.17, 15) is 4.79 Å². The maximum absolute atomic E-state index is 12.1. The van der Waals surface area contributed by atoms with Crippen molar-refractivity contribution in [2.24, 2.45) is 0 Å². The lowest BCUT2D eigenvalue weighted by Crippen LogP contribution is -2.28. The van der Waals surface area contributed by atoms with E-state index in [0.717, 1.165) is 42.4 Å². The summed E-state index contributed by atoms with van der Waals surface area (Å²) in [5.41, 5.74) is 1.97. The number of para-hydroxylation sites is 1. The molecule has 3 rings (SSSR count). The van der Waals surface area contributed by atoms with Crippen LogP contribution in [-0.4, -0.2) is 21.2 Å². The minimum Gasteiger partial charge on any atom is -0.322 e. The van der Waals surface area contributed by atoms with Gasteiger partial charge in [0.05, 0.1) is 0 Å². The molecule has 0 bridgehead atoms. The highest BCUT2D eigenvalue weighted by atomic mass is 127. The number of rotatable bonds is 1. The Kier molecular flexibility index (Phi) is 3.39. The summed E-state index contributed by atoms with van der Waals surface area (Å²) in [6.07, 6.45) is 2.15. The quantitative estimate of drug-likeness (QED) is 0.631. The summed E-state index contributed by atoms with van der Waals surface area (Å²) in [4.78, 5) is 15.1. The largest absolute Gasteiger partial charge is 0.322 e. The second kappa shape index (κ2) is 5.01. The first-order valence-electron chi connectivity index (χ1n) is 6.27. The van der Waals surface area contributed by atoms with Crippen LogP contribution >= 0.6 is 22.9 Å². The molecule has 1 fully saturated rings. The first-order chi connectivity index (χ1) is 8.74. The van der Waals surface area contributed by atoms with E-state index in [-0.39, 0.29) is 5.56 Å². The van der Waals surface area contributed by atoms with E-state index in [1.54, 1.807) is 0 Å². The Morgan fingerprint density at radius 1 is 1.22 bits per heavy atom. The van der Waals surface area contributed by atoms with Gasteiger partial charge in [-0.2, -0.15) is 0 Å². The van der Waals surface area contributed by atoms with Crippen molar-refractivity contribution in [1.82, 2.24) is 8.10 Å². The van der Waals surface area contributed by atoms with Crippen LogP contribution in [0.25, 0.3) is 10.9 Å². The van der Waals surface area contributed by atoms with Gasteiger partial charge >= 0.3 is 0 Å². The van der Waals surface area contributed by atoms with Gasteiger partial charge in [0.15, 0.2) is 0 Å². The SMILES string of the molecule is O=c1[nH]c2ccccc2cc1C1CCN(I)CC1. The molecule has 1 saturated heterocycles. The number of hydrogen-bond acceptors (Lipinski definition) is 2. The lowest BCUT2D eigenvalue weighted by molar-refractivity contribution is 0.367. The first kappa shape index (κ1) is 12.2. The van der Waals surface area contributed by atoms with Gasteiger partial charge in [-0.3, -0.25) is 4.79 Å². The lowest BCUT2D eigenvalue weighted by atomic mass is 9.90. The van der Waals surface area contributed by atoms with Gasteiger partial charge in [-0.05, 0) is 36.3 Å². The molecule has 1 aromatic carbocycles. The van der Waals surface area contributed by atoms with Crippen LogP contribution in [0.2, 0.25) is 0 Å². The maximum atomic E-state index is 12.1. The summed E-state index contributed by atoms with van der Waals surface area (Å²) in [5, 5.41) is 1.13. The number of hydrogen-bond donors (Lipinski definition) is 1. The average Bonchev–Trinajstić information content (AvgIpc) is 2.39. The molecule has 3 nitrogen and oxygen atoms in total. The predicted molar refractivity (Wildman–Crippen MR) is 82.1 cm³/mol. The molecule has 0 saturated carbocycles. The highest BCUT2D eigenvalue weighted by Gasteiger charge is 2.21. The molecule has 1 N–H and O–H groups in total. The fraction of sp³-hybridized carbons (Fsp3) is 0.357. The molecule has 0 amide bonds. The van der Waals surface area contributed by atoms with Crippen molar-refractivity contribution in [3.8, 4) is 0 Å². The van der Waals surface area contributed by atoms with Gasteiger partial charge in [0.1, 0.15) is 0 Å². The lowest BCUT2D eigenvalue weighted by Gasteiger charge is -2.27. The summed E-state index contributed by atoms with van der Waals surface area (Å²) in [7, 11) is 0. The molecule has 2 aromatic rings. The van der Waals surface area contributed by atoms with Crippen LogP contribution < -0.4 is 5.56 Å². The second-order valence-electron chi connectivity index (χ2n) is 4.83. The van der Waals surface area contributed by atoms with Crippen LogP contribution in [0, 0.1) is 0 Å². The number of H-pyrrole nitrogens is 1. The van der Waals surface area contributed by atoms with Crippen molar-refractivity contribution in [3.05, 3.63) is 46.2 Å². The molecule has 2 heterocycles. The minimum atomic E-state index is 0.0839.